The van der Waals surface area contributed by atoms with E-state index in [0.717, 1.165) is 5.56 Å². The Morgan fingerprint density at radius 1 is 1.24 bits per heavy atom. The van der Waals surface area contributed by atoms with Crippen molar-refractivity contribution >= 4 is 11.9 Å². The first kappa shape index (κ1) is 13.2. The molecule has 0 saturated carbocycles. The molecule has 5 heteroatoms. The van der Waals surface area contributed by atoms with Gasteiger partial charge in [0, 0.05) is 5.56 Å². The van der Waals surface area contributed by atoms with Crippen LogP contribution in [0.15, 0.2) is 30.3 Å². The second-order valence-electron chi connectivity index (χ2n) is 4.03. The van der Waals surface area contributed by atoms with E-state index < -0.39 is 6.03 Å². The van der Waals surface area contributed by atoms with E-state index in [1.54, 1.807) is 6.92 Å². The molecule has 1 rings (SSSR count). The van der Waals surface area contributed by atoms with Crippen LogP contribution < -0.4 is 16.4 Å². The average molecular weight is 236 g/mol. The van der Waals surface area contributed by atoms with Gasteiger partial charge in [-0.25, -0.2) is 4.79 Å². The number of hydrogen-bond acceptors (Lipinski definition) is 2. The van der Waals surface area contributed by atoms with Crippen LogP contribution in [0.25, 0.3) is 0 Å². The zero-order valence-corrected chi connectivity index (χ0v) is 10.0. The Balaban J connectivity index is 2.54. The highest BCUT2D eigenvalue weighted by atomic mass is 16.2. The molecule has 0 unspecified atom stereocenters. The van der Waals surface area contributed by atoms with Crippen molar-refractivity contribution in [1.82, 2.24) is 5.32 Å². The minimum absolute atomic E-state index is 0.143. The second kappa shape index (κ2) is 6.00. The third-order valence-electron chi connectivity index (χ3n) is 2.56. The van der Waals surface area contributed by atoms with Gasteiger partial charge in [0.05, 0.1) is 0 Å². The summed E-state index contributed by atoms with van der Waals surface area (Å²) in [5.74, 6) is -0.375. The standard InChI is InChI=1S/C12H17N3O2/c1-8(10-6-4-3-5-7-10)14-9(2)11(16)15-12(13)17/h3-9,14H,1-2H3,(H3,13,15,16,17)/p+1/t8-,9+/m1/s1. The summed E-state index contributed by atoms with van der Waals surface area (Å²) in [6.45, 7) is 3.74. The first-order valence-electron chi connectivity index (χ1n) is 5.51. The van der Waals surface area contributed by atoms with Crippen LogP contribution >= 0.6 is 0 Å². The number of benzene rings is 1. The molecule has 2 atom stereocenters. The number of amides is 3. The van der Waals surface area contributed by atoms with E-state index in [4.69, 9.17) is 5.73 Å². The van der Waals surface area contributed by atoms with Crippen molar-refractivity contribution in [1.29, 1.82) is 0 Å². The fourth-order valence-corrected chi connectivity index (χ4v) is 1.62. The molecule has 0 aliphatic rings. The normalized spacial score (nSPS) is 13.8. The number of hydrogen-bond donors (Lipinski definition) is 3. The van der Waals surface area contributed by atoms with Crippen LogP contribution in [0.4, 0.5) is 4.79 Å². The molecule has 1 aromatic rings. The zero-order chi connectivity index (χ0) is 12.8. The lowest BCUT2D eigenvalue weighted by Gasteiger charge is -2.15. The Morgan fingerprint density at radius 2 is 1.82 bits per heavy atom. The maximum Gasteiger partial charge on any atom is 0.319 e. The molecule has 92 valence electrons. The molecule has 0 saturated heterocycles. The van der Waals surface area contributed by atoms with Gasteiger partial charge in [-0.05, 0) is 13.8 Å². The highest BCUT2D eigenvalue weighted by molar-refractivity contribution is 5.95. The van der Waals surface area contributed by atoms with Crippen molar-refractivity contribution in [3.63, 3.8) is 0 Å². The van der Waals surface area contributed by atoms with Crippen LogP contribution in [0.1, 0.15) is 25.5 Å². The lowest BCUT2D eigenvalue weighted by molar-refractivity contribution is -0.710. The van der Waals surface area contributed by atoms with Gasteiger partial charge in [0.15, 0.2) is 6.04 Å². The Morgan fingerprint density at radius 3 is 2.35 bits per heavy atom. The molecule has 0 spiro atoms. The fraction of sp³-hybridized carbons (Fsp3) is 0.333. The monoisotopic (exact) mass is 236 g/mol. The summed E-state index contributed by atoms with van der Waals surface area (Å²) < 4.78 is 0. The van der Waals surface area contributed by atoms with Gasteiger partial charge in [-0.2, -0.15) is 0 Å². The number of rotatable bonds is 4. The van der Waals surface area contributed by atoms with Crippen LogP contribution in [0.2, 0.25) is 0 Å². The number of urea groups is 1. The van der Waals surface area contributed by atoms with Crippen molar-refractivity contribution in [2.45, 2.75) is 25.9 Å². The highest BCUT2D eigenvalue weighted by Gasteiger charge is 2.20. The maximum atomic E-state index is 11.5. The predicted octanol–water partition coefficient (Wildman–Crippen LogP) is -0.106. The molecule has 0 aliphatic carbocycles. The van der Waals surface area contributed by atoms with E-state index in [9.17, 15) is 9.59 Å². The Kier molecular flexibility index (Phi) is 4.66. The number of primary amides is 1. The van der Waals surface area contributed by atoms with Gasteiger partial charge in [0.2, 0.25) is 0 Å². The molecule has 0 heterocycles. The minimum Gasteiger partial charge on any atom is -0.351 e. The molecular weight excluding hydrogens is 218 g/mol. The number of carbonyl (C=O) groups is 2. The molecule has 5 nitrogen and oxygen atoms in total. The van der Waals surface area contributed by atoms with E-state index in [-0.39, 0.29) is 18.0 Å². The lowest BCUT2D eigenvalue weighted by atomic mass is 10.1. The van der Waals surface area contributed by atoms with Crippen molar-refractivity contribution in [3.8, 4) is 0 Å². The first-order valence-corrected chi connectivity index (χ1v) is 5.51. The van der Waals surface area contributed by atoms with Crippen LogP contribution in [-0.2, 0) is 4.79 Å². The molecule has 0 aliphatic heterocycles. The third kappa shape index (κ3) is 4.24. The van der Waals surface area contributed by atoms with Crippen molar-refractivity contribution in [2.24, 2.45) is 5.73 Å². The predicted molar refractivity (Wildman–Crippen MR) is 64.0 cm³/mol. The van der Waals surface area contributed by atoms with Crippen molar-refractivity contribution < 1.29 is 14.9 Å². The van der Waals surface area contributed by atoms with Gasteiger partial charge in [-0.3, -0.25) is 10.1 Å². The molecule has 0 radical (unpaired) electrons. The van der Waals surface area contributed by atoms with E-state index in [0.29, 0.717) is 0 Å². The van der Waals surface area contributed by atoms with Crippen LogP contribution in [0, 0.1) is 0 Å². The van der Waals surface area contributed by atoms with Crippen LogP contribution in [0.3, 0.4) is 0 Å². The Bertz CT molecular complexity index is 392. The van der Waals surface area contributed by atoms with E-state index >= 15 is 0 Å². The summed E-state index contributed by atoms with van der Waals surface area (Å²) in [6.07, 6.45) is 0. The zero-order valence-electron chi connectivity index (χ0n) is 10.0. The van der Waals surface area contributed by atoms with Crippen molar-refractivity contribution in [2.75, 3.05) is 0 Å². The fourth-order valence-electron chi connectivity index (χ4n) is 1.62. The molecule has 5 N–H and O–H groups in total. The molecule has 0 aromatic heterocycles. The summed E-state index contributed by atoms with van der Waals surface area (Å²) >= 11 is 0. The SMILES string of the molecule is C[C@H]([NH2+][C@H](C)c1ccccc1)C(=O)NC(N)=O. The number of nitrogens with one attached hydrogen (secondary N) is 1. The van der Waals surface area contributed by atoms with Gasteiger partial charge in [-0.1, -0.05) is 30.3 Å². The summed E-state index contributed by atoms with van der Waals surface area (Å²) in [7, 11) is 0. The minimum atomic E-state index is -0.817. The molecule has 3 amide bonds. The summed E-state index contributed by atoms with van der Waals surface area (Å²) in [5.41, 5.74) is 6.02. The van der Waals surface area contributed by atoms with Gasteiger partial charge in [0.1, 0.15) is 6.04 Å². The topological polar surface area (TPSA) is 88.8 Å². The quantitative estimate of drug-likeness (QED) is 0.681. The summed E-state index contributed by atoms with van der Waals surface area (Å²) in [5, 5.41) is 3.95. The first-order chi connectivity index (χ1) is 8.00. The smallest absolute Gasteiger partial charge is 0.319 e. The lowest BCUT2D eigenvalue weighted by Crippen LogP contribution is -2.92. The molecule has 0 bridgehead atoms. The van der Waals surface area contributed by atoms with Gasteiger partial charge < -0.3 is 11.1 Å². The van der Waals surface area contributed by atoms with Crippen LogP contribution in [0.5, 0.6) is 0 Å². The Hall–Kier alpha value is -1.88. The van der Waals surface area contributed by atoms with E-state index in [2.05, 4.69) is 5.32 Å². The van der Waals surface area contributed by atoms with E-state index in [1.165, 1.54) is 0 Å². The van der Waals surface area contributed by atoms with Crippen LogP contribution in [-0.4, -0.2) is 18.0 Å². The molecule has 0 fully saturated rings. The number of imide groups is 1. The van der Waals surface area contributed by atoms with E-state index in [1.807, 2.05) is 42.6 Å². The van der Waals surface area contributed by atoms with Gasteiger partial charge in [-0.15, -0.1) is 0 Å². The van der Waals surface area contributed by atoms with Gasteiger partial charge in [0.25, 0.3) is 5.91 Å². The third-order valence-corrected chi connectivity index (χ3v) is 2.56. The average Bonchev–Trinajstić information content (AvgIpc) is 2.29. The highest BCUT2D eigenvalue weighted by Crippen LogP contribution is 2.06. The largest absolute Gasteiger partial charge is 0.351 e. The summed E-state index contributed by atoms with van der Waals surface area (Å²) in [4.78, 5) is 22.0. The maximum absolute atomic E-state index is 11.5. The Labute approximate surface area is 100 Å². The number of quaternary nitrogens is 1. The molecule has 1 aromatic carbocycles. The molecule has 17 heavy (non-hydrogen) atoms. The molecular formula is C12H18N3O2+. The number of carbonyl (C=O) groups excluding carboxylic acids is 2. The summed E-state index contributed by atoms with van der Waals surface area (Å²) in [6, 6.07) is 8.81. The van der Waals surface area contributed by atoms with Gasteiger partial charge >= 0.3 is 6.03 Å². The second-order valence-corrected chi connectivity index (χ2v) is 4.03. The van der Waals surface area contributed by atoms with Crippen molar-refractivity contribution in [3.05, 3.63) is 35.9 Å². The number of nitrogens with two attached hydrogens (primary N) is 2.